The lowest BCUT2D eigenvalue weighted by molar-refractivity contribution is 0.481. The fourth-order valence-corrected chi connectivity index (χ4v) is 15.9. The van der Waals surface area contributed by atoms with E-state index in [1.54, 1.807) is 0 Å². The van der Waals surface area contributed by atoms with Crippen molar-refractivity contribution in [2.24, 2.45) is 0 Å². The minimum absolute atomic E-state index is 0.304. The molecule has 0 saturated carbocycles. The zero-order chi connectivity index (χ0) is 60.6. The van der Waals surface area contributed by atoms with Gasteiger partial charge in [0.1, 0.15) is 45.2 Å². The van der Waals surface area contributed by atoms with Crippen LogP contribution in [0.2, 0.25) is 0 Å². The summed E-state index contributed by atoms with van der Waals surface area (Å²) in [4.78, 5) is 5.04. The molecule has 3 aromatic heterocycles. The average molecular weight is 1190 g/mol. The van der Waals surface area contributed by atoms with Crippen LogP contribution in [0.4, 0.5) is 34.1 Å². The van der Waals surface area contributed by atoms with Crippen LogP contribution in [0.25, 0.3) is 110 Å². The molecule has 0 fully saturated rings. The van der Waals surface area contributed by atoms with E-state index in [2.05, 4.69) is 277 Å². The van der Waals surface area contributed by atoms with Crippen LogP contribution in [0.3, 0.4) is 0 Å². The van der Waals surface area contributed by atoms with E-state index in [4.69, 9.17) is 22.7 Å². The lowest BCUT2D eigenvalue weighted by atomic mass is 9.30. The molecule has 0 atom stereocenters. The van der Waals surface area contributed by atoms with Crippen molar-refractivity contribution in [2.45, 2.75) is 0 Å². The Balaban J connectivity index is 0.911. The van der Waals surface area contributed by atoms with Crippen molar-refractivity contribution >= 4 is 146 Å². The largest absolute Gasteiger partial charge is 0.458 e. The predicted octanol–water partition coefficient (Wildman–Crippen LogP) is 18.9. The number of benzene rings is 14. The molecule has 0 N–H and O–H groups in total. The monoisotopic (exact) mass is 1190 g/mol. The zero-order valence-corrected chi connectivity index (χ0v) is 49.8. The SMILES string of the molecule is c1ccc(-c2ccc3c(c2)Oc2c4c(cc5oc6ccccc6c25)N(c2ccccc2-c2ccccc2)c2cc5c(cc2B34)B2c3ccc4c(oc6ccccc64)c3Oc3cc(-c4ccc6oc7ccccc7c6c4)cc(c32)N5c2ccccc2-c2ccccc2)cc1. The van der Waals surface area contributed by atoms with E-state index in [0.717, 1.165) is 194 Å². The molecule has 0 aliphatic carbocycles. The molecule has 430 valence electrons. The third kappa shape index (κ3) is 7.27. The Hall–Kier alpha value is -12.2. The molecule has 7 nitrogen and oxygen atoms in total. The number of furan rings is 3. The maximum atomic E-state index is 7.63. The van der Waals surface area contributed by atoms with Gasteiger partial charge in [-0.2, -0.15) is 0 Å². The second-order valence-electron chi connectivity index (χ2n) is 24.9. The maximum absolute atomic E-state index is 7.63. The Labute approximate surface area is 534 Å². The van der Waals surface area contributed by atoms with Gasteiger partial charge in [-0.05, 0) is 133 Å². The Morgan fingerprint density at radius 3 is 1.45 bits per heavy atom. The van der Waals surface area contributed by atoms with Crippen LogP contribution < -0.4 is 52.1 Å². The summed E-state index contributed by atoms with van der Waals surface area (Å²) in [5.74, 6) is 3.08. The Morgan fingerprint density at radius 1 is 0.247 bits per heavy atom. The molecule has 0 unspecified atom stereocenters. The first-order valence-corrected chi connectivity index (χ1v) is 31.8. The molecular weight excluding hydrogens is 1140 g/mol. The van der Waals surface area contributed by atoms with Crippen molar-refractivity contribution in [3.63, 3.8) is 0 Å². The van der Waals surface area contributed by atoms with Gasteiger partial charge >= 0.3 is 0 Å². The lowest BCUT2D eigenvalue weighted by Crippen LogP contribution is -2.63. The molecule has 14 aromatic carbocycles. The first kappa shape index (κ1) is 50.6. The van der Waals surface area contributed by atoms with Gasteiger partial charge in [-0.3, -0.25) is 0 Å². The predicted molar refractivity (Wildman–Crippen MR) is 382 cm³/mol. The normalized spacial score (nSPS) is 13.2. The van der Waals surface area contributed by atoms with Crippen molar-refractivity contribution < 1.29 is 22.7 Å². The molecule has 7 heterocycles. The van der Waals surface area contributed by atoms with E-state index >= 15 is 0 Å². The van der Waals surface area contributed by atoms with E-state index < -0.39 is 0 Å². The van der Waals surface area contributed by atoms with Gasteiger partial charge in [0.25, 0.3) is 13.4 Å². The fourth-order valence-electron chi connectivity index (χ4n) is 15.9. The molecule has 4 aliphatic heterocycles. The van der Waals surface area contributed by atoms with E-state index in [1.165, 1.54) is 0 Å². The van der Waals surface area contributed by atoms with Crippen LogP contribution in [-0.4, -0.2) is 13.4 Å². The Kier molecular flexibility index (Phi) is 10.4. The van der Waals surface area contributed by atoms with Crippen molar-refractivity contribution in [3.05, 3.63) is 291 Å². The number of nitrogens with zero attached hydrogens (tertiary/aromatic N) is 2. The van der Waals surface area contributed by atoms with Crippen LogP contribution in [0.5, 0.6) is 23.0 Å². The molecular formula is C84H48B2N2O5. The van der Waals surface area contributed by atoms with E-state index in [9.17, 15) is 0 Å². The molecule has 17 aromatic rings. The van der Waals surface area contributed by atoms with Crippen molar-refractivity contribution in [2.75, 3.05) is 9.80 Å². The van der Waals surface area contributed by atoms with Gasteiger partial charge in [0.05, 0.1) is 16.8 Å². The van der Waals surface area contributed by atoms with Gasteiger partial charge in [-0.1, -0.05) is 218 Å². The topological polar surface area (TPSA) is 64.4 Å². The summed E-state index contributed by atoms with van der Waals surface area (Å²) in [5, 5.41) is 6.12. The zero-order valence-electron chi connectivity index (χ0n) is 49.8. The second-order valence-corrected chi connectivity index (χ2v) is 24.9. The highest BCUT2D eigenvalue weighted by atomic mass is 16.5. The van der Waals surface area contributed by atoms with Crippen LogP contribution in [0.1, 0.15) is 0 Å². The summed E-state index contributed by atoms with van der Waals surface area (Å²) in [6.45, 7) is -0.640. The number of anilines is 6. The first-order valence-electron chi connectivity index (χ1n) is 31.8. The molecule has 0 bridgehead atoms. The van der Waals surface area contributed by atoms with Gasteiger partial charge in [-0.25, -0.2) is 0 Å². The van der Waals surface area contributed by atoms with Gasteiger partial charge in [0.2, 0.25) is 0 Å². The van der Waals surface area contributed by atoms with Crippen LogP contribution in [0.15, 0.2) is 304 Å². The van der Waals surface area contributed by atoms with E-state index in [1.807, 2.05) is 24.3 Å². The highest BCUT2D eigenvalue weighted by Gasteiger charge is 2.49. The van der Waals surface area contributed by atoms with Gasteiger partial charge in [0.15, 0.2) is 11.3 Å². The summed E-state index contributed by atoms with van der Waals surface area (Å²) in [7, 11) is 0. The molecule has 0 saturated heterocycles. The Morgan fingerprint density at radius 2 is 0.753 bits per heavy atom. The van der Waals surface area contributed by atoms with Gasteiger partial charge in [-0.15, -0.1) is 0 Å². The lowest BCUT2D eigenvalue weighted by Gasteiger charge is -2.45. The minimum atomic E-state index is -0.336. The first-order chi connectivity index (χ1) is 46.1. The average Bonchev–Trinajstić information content (AvgIpc) is 1.40. The summed E-state index contributed by atoms with van der Waals surface area (Å²) < 4.78 is 35.7. The smallest absolute Gasteiger partial charge is 0.256 e. The fraction of sp³-hybridized carbons (Fsp3) is 0. The molecule has 4 aliphatic rings. The standard InChI is InChI=1S/C84H48B2N2O5/c1-4-20-49(21-5-1)53-36-39-62-76(44-53)92-84-79-60-30-14-19-35-74(60)90-77(79)48-71-81(84)85(62)64-46-65-69(47-68(64)88(71)67-32-16-11-27-56(67)51-24-8-3-9-25-51)87(66-31-15-10-26-55(66)50-22-6-2-7-23-50)70-43-54(52-37-41-75-61(42-52)58-29-13-17-33-72(58)89-75)45-78-80(70)86(65)63-40-38-59-57-28-12-18-34-73(57)91-82(59)83(63)93-78/h1-48H. The molecule has 9 heteroatoms. The quantitative estimate of drug-likeness (QED) is 0.154. The molecule has 0 spiro atoms. The summed E-state index contributed by atoms with van der Waals surface area (Å²) in [6, 6.07) is 105. The van der Waals surface area contributed by atoms with Crippen LogP contribution in [-0.2, 0) is 0 Å². The van der Waals surface area contributed by atoms with Crippen molar-refractivity contribution in [1.82, 2.24) is 0 Å². The third-order valence-corrected chi connectivity index (χ3v) is 20.0. The number of hydrogen-bond donors (Lipinski definition) is 0. The summed E-state index contributed by atoms with van der Waals surface area (Å²) in [6.07, 6.45) is 0. The van der Waals surface area contributed by atoms with Gasteiger partial charge < -0.3 is 32.5 Å². The number of fused-ring (bicyclic) bond motifs is 19. The molecule has 0 radical (unpaired) electrons. The highest BCUT2D eigenvalue weighted by Crippen LogP contribution is 2.53. The number of ether oxygens (including phenoxy) is 2. The van der Waals surface area contributed by atoms with Crippen molar-refractivity contribution in [3.8, 4) is 67.5 Å². The number of para-hydroxylation sites is 5. The summed E-state index contributed by atoms with van der Waals surface area (Å²) >= 11 is 0. The van der Waals surface area contributed by atoms with E-state index in [-0.39, 0.29) is 13.4 Å². The van der Waals surface area contributed by atoms with Crippen LogP contribution >= 0.6 is 0 Å². The second kappa shape index (κ2) is 19.2. The van der Waals surface area contributed by atoms with Crippen molar-refractivity contribution in [1.29, 1.82) is 0 Å². The van der Waals surface area contributed by atoms with Gasteiger partial charge in [0, 0.05) is 66.9 Å². The minimum Gasteiger partial charge on any atom is -0.458 e. The van der Waals surface area contributed by atoms with E-state index in [0.29, 0.717) is 5.75 Å². The third-order valence-electron chi connectivity index (χ3n) is 20.0. The molecule has 93 heavy (non-hydrogen) atoms. The van der Waals surface area contributed by atoms with Crippen LogP contribution in [0, 0.1) is 0 Å². The maximum Gasteiger partial charge on any atom is 0.256 e. The Bertz CT molecular complexity index is 6050. The number of hydrogen-bond acceptors (Lipinski definition) is 7. The highest BCUT2D eigenvalue weighted by molar-refractivity contribution is 7.02. The molecule has 21 rings (SSSR count). The molecule has 0 amide bonds. The summed E-state index contributed by atoms with van der Waals surface area (Å²) in [5.41, 5.74) is 26.1. The number of rotatable bonds is 6.